The molecule has 0 aliphatic heterocycles. The van der Waals surface area contributed by atoms with E-state index in [0.717, 1.165) is 31.7 Å². The van der Waals surface area contributed by atoms with E-state index in [9.17, 15) is 0 Å². The zero-order chi connectivity index (χ0) is 13.8. The molecule has 112 valence electrons. The molecule has 0 saturated heterocycles. The molecule has 0 amide bonds. The lowest BCUT2D eigenvalue weighted by atomic mass is 9.94. The highest BCUT2D eigenvalue weighted by molar-refractivity contribution is 5.17. The summed E-state index contributed by atoms with van der Waals surface area (Å²) in [4.78, 5) is 2.61. The second kappa shape index (κ2) is 6.77. The minimum atomic E-state index is 0.762. The summed E-state index contributed by atoms with van der Waals surface area (Å²) in [5.41, 5.74) is 1.35. The fourth-order valence-electron chi connectivity index (χ4n) is 3.33. The van der Waals surface area contributed by atoms with Gasteiger partial charge in [0.1, 0.15) is 5.76 Å². The molecular formula is C17H28N2O. The lowest BCUT2D eigenvalue weighted by Gasteiger charge is -2.33. The van der Waals surface area contributed by atoms with E-state index < -0.39 is 0 Å². The van der Waals surface area contributed by atoms with Crippen molar-refractivity contribution < 1.29 is 4.42 Å². The maximum Gasteiger partial charge on any atom is 0.122 e. The molecule has 20 heavy (non-hydrogen) atoms. The third kappa shape index (κ3) is 3.64. The Labute approximate surface area is 122 Å². The third-order valence-corrected chi connectivity index (χ3v) is 4.84. The minimum Gasteiger partial charge on any atom is -0.468 e. The van der Waals surface area contributed by atoms with E-state index >= 15 is 0 Å². The number of furan rings is 1. The van der Waals surface area contributed by atoms with Crippen LogP contribution in [0, 0.1) is 0 Å². The molecule has 0 radical (unpaired) electrons. The van der Waals surface area contributed by atoms with E-state index in [4.69, 9.17) is 4.42 Å². The summed E-state index contributed by atoms with van der Waals surface area (Å²) in [7, 11) is 0. The molecule has 1 N–H and O–H groups in total. The summed E-state index contributed by atoms with van der Waals surface area (Å²) < 4.78 is 5.76. The molecule has 0 aromatic carbocycles. The van der Waals surface area contributed by atoms with Gasteiger partial charge in [0.2, 0.25) is 0 Å². The van der Waals surface area contributed by atoms with E-state index in [1.54, 1.807) is 0 Å². The fraction of sp³-hybridized carbons (Fsp3) is 0.765. The molecule has 1 aromatic heterocycles. The summed E-state index contributed by atoms with van der Waals surface area (Å²) in [6.45, 7) is 5.36. The van der Waals surface area contributed by atoms with Gasteiger partial charge < -0.3 is 9.73 Å². The Morgan fingerprint density at radius 1 is 1.20 bits per heavy atom. The van der Waals surface area contributed by atoms with Crippen LogP contribution in [-0.2, 0) is 13.1 Å². The molecule has 3 heteroatoms. The first-order valence-corrected chi connectivity index (χ1v) is 8.39. The molecule has 3 rings (SSSR count). The summed E-state index contributed by atoms with van der Waals surface area (Å²) >= 11 is 0. The number of rotatable bonds is 7. The van der Waals surface area contributed by atoms with Gasteiger partial charge in [0.05, 0.1) is 12.8 Å². The number of hydrogen-bond donors (Lipinski definition) is 1. The fourth-order valence-corrected chi connectivity index (χ4v) is 3.33. The quantitative estimate of drug-likeness (QED) is 0.823. The maximum absolute atomic E-state index is 5.76. The monoisotopic (exact) mass is 276 g/mol. The molecule has 2 aliphatic rings. The largest absolute Gasteiger partial charge is 0.468 e. The molecule has 0 spiro atoms. The molecule has 3 nitrogen and oxygen atoms in total. The van der Waals surface area contributed by atoms with Gasteiger partial charge in [-0.05, 0) is 38.3 Å². The summed E-state index contributed by atoms with van der Waals surface area (Å²) in [5.74, 6) is 1.17. The Kier molecular flexibility index (Phi) is 4.79. The van der Waals surface area contributed by atoms with E-state index in [1.165, 1.54) is 56.3 Å². The zero-order valence-electron chi connectivity index (χ0n) is 12.7. The van der Waals surface area contributed by atoms with Crippen LogP contribution in [0.25, 0.3) is 0 Å². The van der Waals surface area contributed by atoms with Crippen LogP contribution >= 0.6 is 0 Å². The van der Waals surface area contributed by atoms with Gasteiger partial charge in [0, 0.05) is 24.2 Å². The van der Waals surface area contributed by atoms with Gasteiger partial charge in [-0.25, -0.2) is 0 Å². The SMILES string of the molecule is CCN(Cc1occc1CNC1CC1)C1CCCCC1. The van der Waals surface area contributed by atoms with Crippen molar-refractivity contribution >= 4 is 0 Å². The number of nitrogens with zero attached hydrogens (tertiary/aromatic N) is 1. The first-order chi connectivity index (χ1) is 9.86. The standard InChI is InChI=1S/C17H28N2O/c1-2-19(16-6-4-3-5-7-16)13-17-14(10-11-20-17)12-18-15-8-9-15/h10-11,15-16,18H,2-9,12-13H2,1H3. The molecule has 0 unspecified atom stereocenters. The van der Waals surface area contributed by atoms with Gasteiger partial charge >= 0.3 is 0 Å². The lowest BCUT2D eigenvalue weighted by molar-refractivity contribution is 0.145. The average molecular weight is 276 g/mol. The Bertz CT molecular complexity index is 405. The topological polar surface area (TPSA) is 28.4 Å². The third-order valence-electron chi connectivity index (χ3n) is 4.84. The summed E-state index contributed by atoms with van der Waals surface area (Å²) in [6.07, 6.45) is 11.5. The number of nitrogens with one attached hydrogen (secondary N) is 1. The van der Waals surface area contributed by atoms with Gasteiger partial charge in [0.15, 0.2) is 0 Å². The van der Waals surface area contributed by atoms with Crippen molar-refractivity contribution in [3.05, 3.63) is 23.7 Å². The van der Waals surface area contributed by atoms with Gasteiger partial charge in [-0.2, -0.15) is 0 Å². The van der Waals surface area contributed by atoms with Gasteiger partial charge in [-0.3, -0.25) is 4.90 Å². The van der Waals surface area contributed by atoms with Crippen molar-refractivity contribution in [2.24, 2.45) is 0 Å². The average Bonchev–Trinajstić information content (AvgIpc) is 3.22. The van der Waals surface area contributed by atoms with Crippen LogP contribution in [-0.4, -0.2) is 23.5 Å². The van der Waals surface area contributed by atoms with E-state index in [1.807, 2.05) is 6.26 Å². The van der Waals surface area contributed by atoms with Crippen molar-refractivity contribution in [2.45, 2.75) is 77.0 Å². The van der Waals surface area contributed by atoms with Crippen LogP contribution in [0.3, 0.4) is 0 Å². The highest BCUT2D eigenvalue weighted by Gasteiger charge is 2.23. The molecular weight excluding hydrogens is 248 g/mol. The van der Waals surface area contributed by atoms with E-state index in [-0.39, 0.29) is 0 Å². The van der Waals surface area contributed by atoms with Crippen LogP contribution < -0.4 is 5.32 Å². The van der Waals surface area contributed by atoms with Crippen molar-refractivity contribution in [1.82, 2.24) is 10.2 Å². The van der Waals surface area contributed by atoms with Crippen molar-refractivity contribution in [3.63, 3.8) is 0 Å². The normalized spacial score (nSPS) is 20.7. The highest BCUT2D eigenvalue weighted by atomic mass is 16.3. The van der Waals surface area contributed by atoms with Crippen molar-refractivity contribution in [3.8, 4) is 0 Å². The predicted octanol–water partition coefficient (Wildman–Crippen LogP) is 3.69. The second-order valence-electron chi connectivity index (χ2n) is 6.38. The zero-order valence-corrected chi connectivity index (χ0v) is 12.7. The highest BCUT2D eigenvalue weighted by Crippen LogP contribution is 2.25. The van der Waals surface area contributed by atoms with Crippen molar-refractivity contribution in [1.29, 1.82) is 0 Å². The molecule has 2 aliphatic carbocycles. The lowest BCUT2D eigenvalue weighted by Crippen LogP contribution is -2.36. The Hall–Kier alpha value is -0.800. The Morgan fingerprint density at radius 2 is 2.00 bits per heavy atom. The maximum atomic E-state index is 5.76. The molecule has 0 atom stereocenters. The molecule has 2 saturated carbocycles. The minimum absolute atomic E-state index is 0.762. The van der Waals surface area contributed by atoms with Crippen molar-refractivity contribution in [2.75, 3.05) is 6.54 Å². The predicted molar refractivity (Wildman–Crippen MR) is 81.5 cm³/mol. The second-order valence-corrected chi connectivity index (χ2v) is 6.38. The van der Waals surface area contributed by atoms with Gasteiger partial charge in [-0.1, -0.05) is 26.2 Å². The number of hydrogen-bond acceptors (Lipinski definition) is 3. The molecule has 1 aromatic rings. The first kappa shape index (κ1) is 14.2. The van der Waals surface area contributed by atoms with Crippen LogP contribution in [0.5, 0.6) is 0 Å². The Balaban J connectivity index is 1.58. The van der Waals surface area contributed by atoms with Crippen LogP contribution in [0.1, 0.15) is 63.2 Å². The van der Waals surface area contributed by atoms with Crippen LogP contribution in [0.2, 0.25) is 0 Å². The smallest absolute Gasteiger partial charge is 0.122 e. The first-order valence-electron chi connectivity index (χ1n) is 8.39. The van der Waals surface area contributed by atoms with Crippen LogP contribution in [0.15, 0.2) is 16.7 Å². The van der Waals surface area contributed by atoms with Gasteiger partial charge in [-0.15, -0.1) is 0 Å². The molecule has 0 bridgehead atoms. The molecule has 1 heterocycles. The van der Waals surface area contributed by atoms with E-state index in [0.29, 0.717) is 0 Å². The van der Waals surface area contributed by atoms with Crippen LogP contribution in [0.4, 0.5) is 0 Å². The summed E-state index contributed by atoms with van der Waals surface area (Å²) in [5, 5.41) is 3.59. The Morgan fingerprint density at radius 3 is 2.70 bits per heavy atom. The molecule has 2 fully saturated rings. The van der Waals surface area contributed by atoms with Gasteiger partial charge in [0.25, 0.3) is 0 Å². The summed E-state index contributed by atoms with van der Waals surface area (Å²) in [6, 6.07) is 3.67. The van der Waals surface area contributed by atoms with E-state index in [2.05, 4.69) is 23.2 Å².